The molecule has 8 nitrogen and oxygen atoms in total. The van der Waals surface area contributed by atoms with Crippen LogP contribution in [0.15, 0.2) is 71.6 Å². The molecule has 0 aliphatic rings. The van der Waals surface area contributed by atoms with Crippen LogP contribution in [0.1, 0.15) is 0 Å². The smallest absolute Gasteiger partial charge is 0.273 e. The van der Waals surface area contributed by atoms with Crippen molar-refractivity contribution in [3.05, 3.63) is 76.8 Å². The van der Waals surface area contributed by atoms with E-state index in [1.54, 1.807) is 12.1 Å². The minimum Gasteiger partial charge on any atom is -0.491 e. The van der Waals surface area contributed by atoms with Crippen LogP contribution in [0, 0.1) is 10.1 Å². The van der Waals surface area contributed by atoms with Gasteiger partial charge in [-0.3, -0.25) is 10.1 Å². The fourth-order valence-corrected chi connectivity index (χ4v) is 4.08. The first-order valence-electron chi connectivity index (χ1n) is 8.78. The number of nitrogens with zero attached hydrogens (tertiary/aromatic N) is 2. The number of nitro benzene ring substituents is 1. The Morgan fingerprint density at radius 3 is 2.52 bits per heavy atom. The summed E-state index contributed by atoms with van der Waals surface area (Å²) in [5.41, 5.74) is -0.131. The summed E-state index contributed by atoms with van der Waals surface area (Å²) in [6, 6.07) is 17.8. The summed E-state index contributed by atoms with van der Waals surface area (Å²) in [5, 5.41) is 22.7. The highest BCUT2D eigenvalue weighted by molar-refractivity contribution is 7.89. The molecule has 0 aliphatic carbocycles. The highest BCUT2D eigenvalue weighted by atomic mass is 32.2. The normalized spacial score (nSPS) is 12.8. The lowest BCUT2D eigenvalue weighted by molar-refractivity contribution is -0.384. The van der Waals surface area contributed by atoms with Gasteiger partial charge >= 0.3 is 0 Å². The van der Waals surface area contributed by atoms with Gasteiger partial charge in [0.2, 0.25) is 10.0 Å². The molecule has 0 heterocycles. The summed E-state index contributed by atoms with van der Waals surface area (Å²) >= 11 is 0. The van der Waals surface area contributed by atoms with Gasteiger partial charge < -0.3 is 9.84 Å². The SMILES string of the molecule is CN(CC(O)COc1cccc([N+](=O)[O-])c1)S(=O)(=O)c1ccc2ccccc2c1. The minimum atomic E-state index is -3.80. The fourth-order valence-electron chi connectivity index (χ4n) is 2.83. The van der Waals surface area contributed by atoms with Crippen molar-refractivity contribution in [3.63, 3.8) is 0 Å². The first kappa shape index (κ1) is 20.7. The van der Waals surface area contributed by atoms with E-state index in [4.69, 9.17) is 4.74 Å². The third kappa shape index (κ3) is 4.89. The minimum absolute atomic E-state index is 0.130. The standard InChI is InChI=1S/C20H20N2O6S/c1-21(13-18(23)14-28-19-8-4-7-17(12-19)22(24)25)29(26,27)20-10-9-15-5-2-3-6-16(15)11-20/h2-12,18,23H,13-14H2,1H3. The lowest BCUT2D eigenvalue weighted by Gasteiger charge is -2.21. The van der Waals surface area contributed by atoms with E-state index in [0.717, 1.165) is 15.1 Å². The predicted molar refractivity (Wildman–Crippen MR) is 108 cm³/mol. The molecule has 1 unspecified atom stereocenters. The van der Waals surface area contributed by atoms with E-state index in [0.29, 0.717) is 0 Å². The van der Waals surface area contributed by atoms with Crippen LogP contribution in [0.4, 0.5) is 5.69 Å². The number of nitro groups is 1. The number of non-ortho nitro benzene ring substituents is 1. The van der Waals surface area contributed by atoms with Gasteiger partial charge in [-0.15, -0.1) is 0 Å². The molecule has 0 spiro atoms. The Morgan fingerprint density at radius 1 is 1.07 bits per heavy atom. The van der Waals surface area contributed by atoms with Crippen molar-refractivity contribution in [1.29, 1.82) is 0 Å². The second-order valence-electron chi connectivity index (χ2n) is 6.51. The molecular formula is C20H20N2O6S. The fraction of sp³-hybridized carbons (Fsp3) is 0.200. The molecule has 0 saturated carbocycles. The molecule has 1 N–H and O–H groups in total. The summed E-state index contributed by atoms with van der Waals surface area (Å²) in [5.74, 6) is 0.221. The number of rotatable bonds is 8. The van der Waals surface area contributed by atoms with Crippen molar-refractivity contribution in [2.24, 2.45) is 0 Å². The Morgan fingerprint density at radius 2 is 1.79 bits per heavy atom. The van der Waals surface area contributed by atoms with Crippen molar-refractivity contribution in [2.45, 2.75) is 11.0 Å². The molecule has 3 aromatic carbocycles. The number of fused-ring (bicyclic) bond motifs is 1. The lowest BCUT2D eigenvalue weighted by Crippen LogP contribution is -2.37. The van der Waals surface area contributed by atoms with E-state index in [-0.39, 0.29) is 29.5 Å². The van der Waals surface area contributed by atoms with Gasteiger partial charge in [0, 0.05) is 19.7 Å². The molecule has 0 amide bonds. The molecule has 3 rings (SSSR count). The number of aliphatic hydroxyl groups is 1. The summed E-state index contributed by atoms with van der Waals surface area (Å²) in [4.78, 5) is 10.4. The Hall–Kier alpha value is -3.01. The molecule has 0 radical (unpaired) electrons. The third-order valence-electron chi connectivity index (χ3n) is 4.37. The van der Waals surface area contributed by atoms with Gasteiger partial charge in [-0.2, -0.15) is 4.31 Å². The van der Waals surface area contributed by atoms with E-state index in [9.17, 15) is 23.6 Å². The Kier molecular flexibility index (Phi) is 6.12. The van der Waals surface area contributed by atoms with Gasteiger partial charge in [-0.1, -0.05) is 36.4 Å². The summed E-state index contributed by atoms with van der Waals surface area (Å²) < 4.78 is 32.0. The van der Waals surface area contributed by atoms with E-state index < -0.39 is 21.1 Å². The summed E-state index contributed by atoms with van der Waals surface area (Å²) in [7, 11) is -2.42. The van der Waals surface area contributed by atoms with Crippen molar-refractivity contribution in [2.75, 3.05) is 20.2 Å². The average Bonchev–Trinajstić information content (AvgIpc) is 2.72. The summed E-state index contributed by atoms with van der Waals surface area (Å²) in [6.45, 7) is -0.400. The maximum absolute atomic E-state index is 12.8. The van der Waals surface area contributed by atoms with Crippen LogP contribution in [0.3, 0.4) is 0 Å². The second kappa shape index (κ2) is 8.56. The molecule has 29 heavy (non-hydrogen) atoms. The number of ether oxygens (including phenoxy) is 1. The average molecular weight is 416 g/mol. The summed E-state index contributed by atoms with van der Waals surface area (Å²) in [6.07, 6.45) is -1.12. The molecule has 0 saturated heterocycles. The Balaban J connectivity index is 1.65. The van der Waals surface area contributed by atoms with Crippen LogP contribution in [-0.4, -0.2) is 49.1 Å². The lowest BCUT2D eigenvalue weighted by atomic mass is 10.1. The van der Waals surface area contributed by atoms with Crippen LogP contribution < -0.4 is 4.74 Å². The highest BCUT2D eigenvalue weighted by Gasteiger charge is 2.23. The zero-order chi connectivity index (χ0) is 21.0. The topological polar surface area (TPSA) is 110 Å². The number of hydrogen-bond acceptors (Lipinski definition) is 6. The van der Waals surface area contributed by atoms with Crippen LogP contribution in [-0.2, 0) is 10.0 Å². The predicted octanol–water partition coefficient (Wildman–Crippen LogP) is 2.81. The molecule has 1 atom stereocenters. The van der Waals surface area contributed by atoms with Crippen molar-refractivity contribution in [1.82, 2.24) is 4.31 Å². The van der Waals surface area contributed by atoms with Crippen LogP contribution >= 0.6 is 0 Å². The number of hydrogen-bond donors (Lipinski definition) is 1. The Bertz CT molecular complexity index is 1130. The number of likely N-dealkylation sites (N-methyl/N-ethyl adjacent to an activating group) is 1. The van der Waals surface area contributed by atoms with Gasteiger partial charge in [-0.25, -0.2) is 8.42 Å². The van der Waals surface area contributed by atoms with Crippen molar-refractivity contribution in [3.8, 4) is 5.75 Å². The van der Waals surface area contributed by atoms with Crippen molar-refractivity contribution >= 4 is 26.5 Å². The molecule has 152 valence electrons. The number of benzene rings is 3. The van der Waals surface area contributed by atoms with Gasteiger partial charge in [0.1, 0.15) is 18.5 Å². The van der Waals surface area contributed by atoms with Gasteiger partial charge in [0.05, 0.1) is 15.9 Å². The highest BCUT2D eigenvalue weighted by Crippen LogP contribution is 2.22. The van der Waals surface area contributed by atoms with E-state index in [2.05, 4.69) is 0 Å². The van der Waals surface area contributed by atoms with E-state index in [1.807, 2.05) is 24.3 Å². The van der Waals surface area contributed by atoms with Gasteiger partial charge in [0.15, 0.2) is 0 Å². The molecule has 0 bridgehead atoms. The van der Waals surface area contributed by atoms with Gasteiger partial charge in [0.25, 0.3) is 5.69 Å². The number of sulfonamides is 1. The zero-order valence-corrected chi connectivity index (χ0v) is 16.5. The van der Waals surface area contributed by atoms with Crippen LogP contribution in [0.2, 0.25) is 0 Å². The maximum Gasteiger partial charge on any atom is 0.273 e. The molecule has 0 fully saturated rings. The van der Waals surface area contributed by atoms with E-state index in [1.165, 1.54) is 37.4 Å². The van der Waals surface area contributed by atoms with Crippen LogP contribution in [0.25, 0.3) is 10.8 Å². The van der Waals surface area contributed by atoms with Gasteiger partial charge in [-0.05, 0) is 29.0 Å². The zero-order valence-electron chi connectivity index (χ0n) is 15.6. The molecule has 0 aliphatic heterocycles. The molecule has 0 aromatic heterocycles. The van der Waals surface area contributed by atoms with E-state index >= 15 is 0 Å². The monoisotopic (exact) mass is 416 g/mol. The quantitative estimate of drug-likeness (QED) is 0.447. The first-order chi connectivity index (χ1) is 13.8. The Labute approximate surface area is 168 Å². The molecule has 9 heteroatoms. The van der Waals surface area contributed by atoms with Crippen molar-refractivity contribution < 1.29 is 23.2 Å². The first-order valence-corrected chi connectivity index (χ1v) is 10.2. The third-order valence-corrected chi connectivity index (χ3v) is 6.19. The largest absolute Gasteiger partial charge is 0.491 e. The van der Waals surface area contributed by atoms with Crippen LogP contribution in [0.5, 0.6) is 5.75 Å². The molecular weight excluding hydrogens is 396 g/mol. The number of aliphatic hydroxyl groups excluding tert-OH is 1. The second-order valence-corrected chi connectivity index (χ2v) is 8.56. The molecule has 3 aromatic rings. The maximum atomic E-state index is 12.8.